The van der Waals surface area contributed by atoms with Crippen LogP contribution in [0.25, 0.3) is 16.2 Å². The Kier molecular flexibility index (Phi) is 4.14. The second kappa shape index (κ2) is 6.71. The minimum Gasteiger partial charge on any atom is -0.346 e. The molecule has 0 amide bonds. The summed E-state index contributed by atoms with van der Waals surface area (Å²) in [5, 5.41) is 6.73. The van der Waals surface area contributed by atoms with Gasteiger partial charge in [0.15, 0.2) is 0 Å². The van der Waals surface area contributed by atoms with Gasteiger partial charge in [0.25, 0.3) is 0 Å². The first-order chi connectivity index (χ1) is 13.7. The van der Waals surface area contributed by atoms with Gasteiger partial charge in [-0.3, -0.25) is 4.90 Å². The molecule has 5 nitrogen and oxygen atoms in total. The lowest BCUT2D eigenvalue weighted by Gasteiger charge is -2.47. The van der Waals surface area contributed by atoms with Crippen molar-refractivity contribution >= 4 is 33.0 Å². The SMILES string of the molecule is Clc1ccc(-c2cn3nc(N4CCC5C(CCCN5C5CC5)C4)sc3n2)cc1. The topological polar surface area (TPSA) is 36.7 Å². The van der Waals surface area contributed by atoms with Crippen molar-refractivity contribution in [2.24, 2.45) is 5.92 Å². The van der Waals surface area contributed by atoms with Crippen LogP contribution >= 0.6 is 22.9 Å². The van der Waals surface area contributed by atoms with Gasteiger partial charge in [-0.15, -0.1) is 5.10 Å². The lowest BCUT2D eigenvalue weighted by molar-refractivity contribution is 0.0697. The molecule has 2 aromatic heterocycles. The smallest absolute Gasteiger partial charge is 0.214 e. The Hall–Kier alpha value is -1.63. The van der Waals surface area contributed by atoms with Crippen LogP contribution in [0.1, 0.15) is 32.1 Å². The molecule has 2 saturated heterocycles. The summed E-state index contributed by atoms with van der Waals surface area (Å²) in [7, 11) is 0. The summed E-state index contributed by atoms with van der Waals surface area (Å²) in [6.07, 6.45) is 8.88. The summed E-state index contributed by atoms with van der Waals surface area (Å²) in [6.45, 7) is 3.59. The van der Waals surface area contributed by atoms with Gasteiger partial charge >= 0.3 is 0 Å². The van der Waals surface area contributed by atoms with Crippen LogP contribution in [0.2, 0.25) is 5.02 Å². The molecule has 7 heteroatoms. The van der Waals surface area contributed by atoms with Crippen LogP contribution in [0.4, 0.5) is 5.13 Å². The summed E-state index contributed by atoms with van der Waals surface area (Å²) < 4.78 is 1.94. The van der Waals surface area contributed by atoms with Crippen molar-refractivity contribution in [1.29, 1.82) is 0 Å². The lowest BCUT2D eigenvalue weighted by atomic mass is 9.84. The van der Waals surface area contributed by atoms with Gasteiger partial charge in [-0.25, -0.2) is 9.50 Å². The number of piperidine rings is 2. The molecule has 2 atom stereocenters. The molecule has 3 fully saturated rings. The molecule has 1 saturated carbocycles. The van der Waals surface area contributed by atoms with Crippen molar-refractivity contribution < 1.29 is 0 Å². The normalized spacial score (nSPS) is 26.0. The van der Waals surface area contributed by atoms with E-state index in [1.54, 1.807) is 11.3 Å². The van der Waals surface area contributed by atoms with Gasteiger partial charge in [-0.05, 0) is 56.7 Å². The fourth-order valence-electron chi connectivity index (χ4n) is 5.05. The molecule has 2 unspecified atom stereocenters. The number of aromatic nitrogens is 3. The highest BCUT2D eigenvalue weighted by Crippen LogP contribution is 2.39. The minimum atomic E-state index is 0.747. The van der Waals surface area contributed by atoms with Crippen molar-refractivity contribution in [3.05, 3.63) is 35.5 Å². The standard InChI is InChI=1S/C21H24ClN5S/c22-16-5-3-14(4-6-16)18-13-27-20(23-18)28-21(24-27)25-11-9-19-15(12-25)2-1-10-26(19)17-7-8-17/h3-6,13,15,17,19H,1-2,7-12H2. The quantitative estimate of drug-likeness (QED) is 0.630. The van der Waals surface area contributed by atoms with E-state index in [-0.39, 0.29) is 0 Å². The van der Waals surface area contributed by atoms with Crippen molar-refractivity contribution in [2.45, 2.75) is 44.2 Å². The Labute approximate surface area is 173 Å². The maximum Gasteiger partial charge on any atom is 0.214 e. The zero-order valence-corrected chi connectivity index (χ0v) is 17.4. The highest BCUT2D eigenvalue weighted by molar-refractivity contribution is 7.20. The molecule has 4 heterocycles. The fraction of sp³-hybridized carbons (Fsp3) is 0.524. The molecular weight excluding hydrogens is 390 g/mol. The molecule has 0 spiro atoms. The number of nitrogens with zero attached hydrogens (tertiary/aromatic N) is 5. The van der Waals surface area contributed by atoms with Gasteiger partial charge in [0.05, 0.1) is 11.9 Å². The number of halogens is 1. The first-order valence-electron chi connectivity index (χ1n) is 10.4. The molecule has 6 rings (SSSR count). The van der Waals surface area contributed by atoms with E-state index in [0.29, 0.717) is 0 Å². The van der Waals surface area contributed by atoms with Gasteiger partial charge in [0.2, 0.25) is 10.1 Å². The Morgan fingerprint density at radius 3 is 2.68 bits per heavy atom. The number of rotatable bonds is 3. The molecule has 0 radical (unpaired) electrons. The van der Waals surface area contributed by atoms with Gasteiger partial charge < -0.3 is 4.90 Å². The zero-order valence-electron chi connectivity index (χ0n) is 15.8. The van der Waals surface area contributed by atoms with Gasteiger partial charge in [0.1, 0.15) is 0 Å². The molecule has 0 N–H and O–H groups in total. The average Bonchev–Trinajstić information content (AvgIpc) is 3.37. The van der Waals surface area contributed by atoms with E-state index in [1.807, 2.05) is 35.0 Å². The summed E-state index contributed by atoms with van der Waals surface area (Å²) in [5.74, 6) is 0.795. The first-order valence-corrected chi connectivity index (χ1v) is 11.6. The van der Waals surface area contributed by atoms with E-state index in [1.165, 1.54) is 38.6 Å². The van der Waals surface area contributed by atoms with Crippen molar-refractivity contribution in [2.75, 3.05) is 24.5 Å². The highest BCUT2D eigenvalue weighted by atomic mass is 35.5. The van der Waals surface area contributed by atoms with Crippen molar-refractivity contribution in [1.82, 2.24) is 19.5 Å². The largest absolute Gasteiger partial charge is 0.346 e. The van der Waals surface area contributed by atoms with Crippen LogP contribution in [0.5, 0.6) is 0 Å². The van der Waals surface area contributed by atoms with Crippen LogP contribution in [0, 0.1) is 5.92 Å². The number of hydrogen-bond donors (Lipinski definition) is 0. The van der Waals surface area contributed by atoms with Gasteiger partial charge in [-0.2, -0.15) is 0 Å². The van der Waals surface area contributed by atoms with E-state index >= 15 is 0 Å². The summed E-state index contributed by atoms with van der Waals surface area (Å²) in [6, 6.07) is 9.53. The fourth-order valence-corrected chi connectivity index (χ4v) is 6.10. The van der Waals surface area contributed by atoms with Crippen LogP contribution in [-0.4, -0.2) is 51.2 Å². The molecule has 0 bridgehead atoms. The van der Waals surface area contributed by atoms with Crippen LogP contribution in [0.15, 0.2) is 30.5 Å². The number of anilines is 1. The minimum absolute atomic E-state index is 0.747. The van der Waals surface area contributed by atoms with Gasteiger partial charge in [-0.1, -0.05) is 35.1 Å². The third-order valence-electron chi connectivity index (χ3n) is 6.57. The molecule has 3 aromatic rings. The first kappa shape index (κ1) is 17.2. The number of likely N-dealkylation sites (tertiary alicyclic amines) is 1. The van der Waals surface area contributed by atoms with Crippen LogP contribution in [0.3, 0.4) is 0 Å². The van der Waals surface area contributed by atoms with E-state index in [2.05, 4.69) is 9.80 Å². The zero-order chi connectivity index (χ0) is 18.7. The average molecular weight is 414 g/mol. The highest BCUT2D eigenvalue weighted by Gasteiger charge is 2.42. The molecule has 1 aromatic carbocycles. The number of benzene rings is 1. The molecule has 146 valence electrons. The molecule has 1 aliphatic carbocycles. The van der Waals surface area contributed by atoms with E-state index < -0.39 is 0 Å². The third kappa shape index (κ3) is 3.02. The number of imidazole rings is 1. The molecule has 2 aliphatic heterocycles. The second-order valence-corrected chi connectivity index (χ2v) is 9.79. The van der Waals surface area contributed by atoms with E-state index in [0.717, 1.165) is 57.5 Å². The number of fused-ring (bicyclic) bond motifs is 2. The summed E-state index contributed by atoms with van der Waals surface area (Å²) in [4.78, 5) is 11.1. The predicted octanol–water partition coefficient (Wildman–Crippen LogP) is 4.56. The number of hydrogen-bond acceptors (Lipinski definition) is 5. The monoisotopic (exact) mass is 413 g/mol. The van der Waals surface area contributed by atoms with Crippen molar-refractivity contribution in [3.8, 4) is 11.3 Å². The third-order valence-corrected chi connectivity index (χ3v) is 7.81. The Balaban J connectivity index is 1.21. The lowest BCUT2D eigenvalue weighted by Crippen LogP contribution is -2.54. The van der Waals surface area contributed by atoms with Crippen molar-refractivity contribution in [3.63, 3.8) is 0 Å². The van der Waals surface area contributed by atoms with Crippen LogP contribution in [-0.2, 0) is 0 Å². The molecular formula is C21H24ClN5S. The maximum absolute atomic E-state index is 6.00. The second-order valence-electron chi connectivity index (χ2n) is 8.42. The van der Waals surface area contributed by atoms with E-state index in [9.17, 15) is 0 Å². The van der Waals surface area contributed by atoms with Crippen LogP contribution < -0.4 is 4.90 Å². The summed E-state index contributed by atoms with van der Waals surface area (Å²) >= 11 is 7.71. The predicted molar refractivity (Wildman–Crippen MR) is 114 cm³/mol. The Bertz CT molecular complexity index is 961. The summed E-state index contributed by atoms with van der Waals surface area (Å²) in [5.41, 5.74) is 2.03. The van der Waals surface area contributed by atoms with Gasteiger partial charge in [0, 0.05) is 35.8 Å². The molecule has 3 aliphatic rings. The van der Waals surface area contributed by atoms with E-state index in [4.69, 9.17) is 21.7 Å². The Morgan fingerprint density at radius 1 is 1.04 bits per heavy atom. The maximum atomic E-state index is 6.00. The molecule has 28 heavy (non-hydrogen) atoms. The Morgan fingerprint density at radius 2 is 1.89 bits per heavy atom.